The van der Waals surface area contributed by atoms with Gasteiger partial charge in [-0.3, -0.25) is 19.8 Å². The molecule has 2 aromatic carbocycles. The molecule has 0 bridgehead atoms. The van der Waals surface area contributed by atoms with Gasteiger partial charge < -0.3 is 14.1 Å². The van der Waals surface area contributed by atoms with E-state index in [0.717, 1.165) is 24.7 Å². The van der Waals surface area contributed by atoms with E-state index in [0.29, 0.717) is 18.8 Å². The number of nitro groups is 1. The van der Waals surface area contributed by atoms with Crippen molar-refractivity contribution >= 4 is 23.2 Å². The lowest BCUT2D eigenvalue weighted by atomic mass is 10.2. The fourth-order valence-electron chi connectivity index (χ4n) is 3.56. The number of benzene rings is 2. The van der Waals surface area contributed by atoms with Gasteiger partial charge in [0.05, 0.1) is 4.92 Å². The third kappa shape index (κ3) is 5.27. The van der Waals surface area contributed by atoms with Gasteiger partial charge in [0, 0.05) is 43.8 Å². The Bertz CT molecular complexity index is 1090. The van der Waals surface area contributed by atoms with Crippen LogP contribution in [0.25, 0.3) is 0 Å². The van der Waals surface area contributed by atoms with Crippen LogP contribution < -0.4 is 4.74 Å². The van der Waals surface area contributed by atoms with Crippen molar-refractivity contribution in [3.05, 3.63) is 92.9 Å². The lowest BCUT2D eigenvalue weighted by Crippen LogP contribution is -2.48. The molecule has 9 heteroatoms. The summed E-state index contributed by atoms with van der Waals surface area (Å²) in [5, 5.41) is 11.8. The summed E-state index contributed by atoms with van der Waals surface area (Å²) >= 11 is 5.94. The zero-order valence-corrected chi connectivity index (χ0v) is 18.0. The van der Waals surface area contributed by atoms with Gasteiger partial charge in [-0.1, -0.05) is 35.9 Å². The predicted molar refractivity (Wildman–Crippen MR) is 119 cm³/mol. The molecule has 0 radical (unpaired) electrons. The van der Waals surface area contributed by atoms with Gasteiger partial charge >= 0.3 is 5.69 Å². The van der Waals surface area contributed by atoms with Gasteiger partial charge in [0.25, 0.3) is 5.91 Å². The molecule has 32 heavy (non-hydrogen) atoms. The number of nitro benzene ring substituents is 1. The van der Waals surface area contributed by atoms with Crippen molar-refractivity contribution in [1.29, 1.82) is 0 Å². The van der Waals surface area contributed by atoms with E-state index in [9.17, 15) is 14.9 Å². The second-order valence-electron chi connectivity index (χ2n) is 7.47. The quantitative estimate of drug-likeness (QED) is 0.388. The highest BCUT2D eigenvalue weighted by Gasteiger charge is 2.24. The Kier molecular flexibility index (Phi) is 6.72. The number of halogens is 1. The summed E-state index contributed by atoms with van der Waals surface area (Å²) in [6.07, 6.45) is 0. The molecule has 1 aromatic heterocycles. The summed E-state index contributed by atoms with van der Waals surface area (Å²) in [7, 11) is 0. The molecule has 3 aromatic rings. The van der Waals surface area contributed by atoms with Gasteiger partial charge in [0.2, 0.25) is 0 Å². The van der Waals surface area contributed by atoms with Crippen LogP contribution in [-0.2, 0) is 13.2 Å². The van der Waals surface area contributed by atoms with Crippen molar-refractivity contribution in [2.75, 3.05) is 26.2 Å². The number of amides is 1. The third-order valence-corrected chi connectivity index (χ3v) is 5.54. The number of piperazine rings is 1. The molecule has 1 aliphatic heterocycles. The molecule has 0 N–H and O–H groups in total. The zero-order valence-electron chi connectivity index (χ0n) is 17.3. The van der Waals surface area contributed by atoms with Crippen molar-refractivity contribution < 1.29 is 18.9 Å². The Morgan fingerprint density at radius 3 is 2.47 bits per heavy atom. The summed E-state index contributed by atoms with van der Waals surface area (Å²) in [6.45, 7) is 3.55. The summed E-state index contributed by atoms with van der Waals surface area (Å²) < 4.78 is 11.2. The van der Waals surface area contributed by atoms with Crippen LogP contribution in [0.1, 0.15) is 21.9 Å². The van der Waals surface area contributed by atoms with Crippen LogP contribution in [-0.4, -0.2) is 46.8 Å². The lowest BCUT2D eigenvalue weighted by Gasteiger charge is -2.34. The summed E-state index contributed by atoms with van der Waals surface area (Å²) in [5.74, 6) is 0.636. The number of carbonyl (C=O) groups is 1. The molecule has 8 nitrogen and oxygen atoms in total. The molecule has 1 aliphatic rings. The van der Waals surface area contributed by atoms with Gasteiger partial charge in [0.1, 0.15) is 12.4 Å². The molecule has 0 spiro atoms. The number of carbonyl (C=O) groups excluding carboxylic acids is 1. The van der Waals surface area contributed by atoms with Crippen molar-refractivity contribution in [1.82, 2.24) is 9.80 Å². The van der Waals surface area contributed by atoms with Gasteiger partial charge in [-0.25, -0.2) is 0 Å². The standard InChI is InChI=1S/C23H22ClN3O5/c24-18-7-5-17(6-8-18)15-25-11-13-26(14-12-25)23(28)22-10-9-19(32-22)16-31-21-4-2-1-3-20(21)27(29)30/h1-10H,11-16H2. The summed E-state index contributed by atoms with van der Waals surface area (Å²) in [5.41, 5.74) is 1.07. The first-order valence-electron chi connectivity index (χ1n) is 10.2. The van der Waals surface area contributed by atoms with Crippen LogP contribution in [0, 0.1) is 10.1 Å². The molecular formula is C23H22ClN3O5. The first-order chi connectivity index (χ1) is 15.5. The molecule has 1 fully saturated rings. The van der Waals surface area contributed by atoms with E-state index in [1.807, 2.05) is 24.3 Å². The first kappa shape index (κ1) is 21.9. The highest BCUT2D eigenvalue weighted by Crippen LogP contribution is 2.27. The highest BCUT2D eigenvalue weighted by atomic mass is 35.5. The van der Waals surface area contributed by atoms with Crippen LogP contribution in [0.4, 0.5) is 5.69 Å². The van der Waals surface area contributed by atoms with Crippen molar-refractivity contribution in [3.63, 3.8) is 0 Å². The topological polar surface area (TPSA) is 89.1 Å². The molecule has 2 heterocycles. The molecule has 0 aliphatic carbocycles. The Hall–Kier alpha value is -3.36. The second kappa shape index (κ2) is 9.84. The number of nitrogens with zero attached hydrogens (tertiary/aromatic N) is 3. The fourth-order valence-corrected chi connectivity index (χ4v) is 3.69. The van der Waals surface area contributed by atoms with Crippen molar-refractivity contribution in [3.8, 4) is 5.75 Å². The molecule has 4 rings (SSSR count). The van der Waals surface area contributed by atoms with Gasteiger partial charge in [0.15, 0.2) is 11.5 Å². The summed E-state index contributed by atoms with van der Waals surface area (Å²) in [4.78, 5) is 27.4. The predicted octanol–water partition coefficient (Wildman–Crippen LogP) is 4.38. The second-order valence-corrected chi connectivity index (χ2v) is 7.91. The smallest absolute Gasteiger partial charge is 0.310 e. The normalized spacial score (nSPS) is 14.3. The maximum atomic E-state index is 12.8. The van der Waals surface area contributed by atoms with E-state index in [1.165, 1.54) is 17.7 Å². The molecule has 0 unspecified atom stereocenters. The average Bonchev–Trinajstić information content (AvgIpc) is 3.28. The van der Waals surface area contributed by atoms with Gasteiger partial charge in [-0.05, 0) is 35.9 Å². The number of hydrogen-bond acceptors (Lipinski definition) is 6. The number of para-hydroxylation sites is 2. The first-order valence-corrected chi connectivity index (χ1v) is 10.6. The van der Waals surface area contributed by atoms with E-state index in [-0.39, 0.29) is 29.7 Å². The number of ether oxygens (including phenoxy) is 1. The van der Waals surface area contributed by atoms with Gasteiger partial charge in [-0.2, -0.15) is 0 Å². The monoisotopic (exact) mass is 455 g/mol. The Balaban J connectivity index is 1.29. The van der Waals surface area contributed by atoms with E-state index in [4.69, 9.17) is 20.8 Å². The Morgan fingerprint density at radius 2 is 1.75 bits per heavy atom. The fraction of sp³-hybridized carbons (Fsp3) is 0.261. The molecule has 0 atom stereocenters. The van der Waals surface area contributed by atoms with E-state index in [2.05, 4.69) is 4.90 Å². The van der Waals surface area contributed by atoms with Crippen molar-refractivity contribution in [2.45, 2.75) is 13.2 Å². The maximum Gasteiger partial charge on any atom is 0.310 e. The molecular weight excluding hydrogens is 434 g/mol. The van der Waals surface area contributed by atoms with Crippen molar-refractivity contribution in [2.24, 2.45) is 0 Å². The molecule has 1 amide bonds. The Morgan fingerprint density at radius 1 is 1.03 bits per heavy atom. The third-order valence-electron chi connectivity index (χ3n) is 5.28. The minimum absolute atomic E-state index is 0.00694. The highest BCUT2D eigenvalue weighted by molar-refractivity contribution is 6.30. The van der Waals surface area contributed by atoms with E-state index >= 15 is 0 Å². The molecule has 1 saturated heterocycles. The van der Waals surface area contributed by atoms with E-state index in [1.54, 1.807) is 29.2 Å². The van der Waals surface area contributed by atoms with Crippen LogP contribution in [0.15, 0.2) is 65.1 Å². The largest absolute Gasteiger partial charge is 0.479 e. The van der Waals surface area contributed by atoms with Gasteiger partial charge in [-0.15, -0.1) is 0 Å². The molecule has 0 saturated carbocycles. The lowest BCUT2D eigenvalue weighted by molar-refractivity contribution is -0.386. The average molecular weight is 456 g/mol. The maximum absolute atomic E-state index is 12.8. The zero-order chi connectivity index (χ0) is 22.5. The SMILES string of the molecule is O=C(c1ccc(COc2ccccc2[N+](=O)[O-])o1)N1CCN(Cc2ccc(Cl)cc2)CC1. The summed E-state index contributed by atoms with van der Waals surface area (Å²) in [6, 6.07) is 17.2. The minimum Gasteiger partial charge on any atom is -0.479 e. The molecule has 166 valence electrons. The number of hydrogen-bond donors (Lipinski definition) is 0. The van der Waals surface area contributed by atoms with Crippen LogP contribution in [0.2, 0.25) is 5.02 Å². The van der Waals surface area contributed by atoms with Crippen LogP contribution in [0.3, 0.4) is 0 Å². The minimum atomic E-state index is -0.501. The Labute approximate surface area is 190 Å². The van der Waals surface area contributed by atoms with Crippen LogP contribution >= 0.6 is 11.6 Å². The van der Waals surface area contributed by atoms with Crippen LogP contribution in [0.5, 0.6) is 5.75 Å². The number of rotatable bonds is 7. The van der Waals surface area contributed by atoms with E-state index < -0.39 is 4.92 Å². The number of furan rings is 1.